The summed E-state index contributed by atoms with van der Waals surface area (Å²) in [4.78, 5) is 0.156. The molecule has 0 atom stereocenters. The fourth-order valence-corrected chi connectivity index (χ4v) is 2.61. The van der Waals surface area contributed by atoms with Crippen molar-refractivity contribution in [3.05, 3.63) is 29.3 Å². The number of sulfonamides is 1. The van der Waals surface area contributed by atoms with Crippen molar-refractivity contribution in [2.24, 2.45) is 0 Å². The largest absolute Gasteiger partial charge is 0.396 e. The summed E-state index contributed by atoms with van der Waals surface area (Å²) in [5.41, 5.74) is 1.10. The van der Waals surface area contributed by atoms with E-state index in [1.54, 1.807) is 6.92 Å². The summed E-state index contributed by atoms with van der Waals surface area (Å²) >= 11 is 0. The molecule has 1 rings (SSSR count). The number of aliphatic hydroxyl groups is 1. The van der Waals surface area contributed by atoms with Crippen molar-refractivity contribution in [3.63, 3.8) is 0 Å². The van der Waals surface area contributed by atoms with Crippen LogP contribution in [0.2, 0.25) is 0 Å². The molecule has 2 N–H and O–H groups in total. The first kappa shape index (κ1) is 14.6. The number of nitriles is 1. The van der Waals surface area contributed by atoms with Gasteiger partial charge in [-0.15, -0.1) is 0 Å². The van der Waals surface area contributed by atoms with Crippen LogP contribution in [-0.2, 0) is 10.0 Å². The Morgan fingerprint density at radius 3 is 2.67 bits per heavy atom. The number of aryl methyl sites for hydroxylation is 1. The zero-order valence-corrected chi connectivity index (χ0v) is 11.0. The van der Waals surface area contributed by atoms with Gasteiger partial charge in [0.05, 0.1) is 16.5 Å². The fraction of sp³-hybridized carbons (Fsp3) is 0.417. The lowest BCUT2D eigenvalue weighted by Gasteiger charge is -2.07. The van der Waals surface area contributed by atoms with Crippen molar-refractivity contribution < 1.29 is 13.5 Å². The molecule has 0 saturated heterocycles. The van der Waals surface area contributed by atoms with Gasteiger partial charge in [0.15, 0.2) is 0 Å². The van der Waals surface area contributed by atoms with Gasteiger partial charge in [-0.3, -0.25) is 0 Å². The highest BCUT2D eigenvalue weighted by Gasteiger charge is 2.14. The minimum atomic E-state index is -3.53. The van der Waals surface area contributed by atoms with Gasteiger partial charge in [-0.2, -0.15) is 5.26 Å². The third-order valence-corrected chi connectivity index (χ3v) is 3.96. The lowest BCUT2D eigenvalue weighted by Crippen LogP contribution is -2.25. The third kappa shape index (κ3) is 3.81. The van der Waals surface area contributed by atoms with Gasteiger partial charge >= 0.3 is 0 Å². The summed E-state index contributed by atoms with van der Waals surface area (Å²) in [5.74, 6) is 0. The van der Waals surface area contributed by atoms with Gasteiger partial charge in [0.2, 0.25) is 10.0 Å². The molecular formula is C12H16N2O3S. The molecule has 5 nitrogen and oxygen atoms in total. The van der Waals surface area contributed by atoms with Crippen LogP contribution in [0.5, 0.6) is 0 Å². The molecule has 0 amide bonds. The molecular weight excluding hydrogens is 252 g/mol. The zero-order chi connectivity index (χ0) is 13.6. The quantitative estimate of drug-likeness (QED) is 0.751. The van der Waals surface area contributed by atoms with Gasteiger partial charge in [0.1, 0.15) is 0 Å². The number of nitrogens with zero attached hydrogens (tertiary/aromatic N) is 1. The summed E-state index contributed by atoms with van der Waals surface area (Å²) < 4.78 is 26.2. The Morgan fingerprint density at radius 2 is 2.11 bits per heavy atom. The number of hydrogen-bond acceptors (Lipinski definition) is 4. The summed E-state index contributed by atoms with van der Waals surface area (Å²) in [6, 6.07) is 6.38. The van der Waals surface area contributed by atoms with Crippen molar-refractivity contribution >= 4 is 10.0 Å². The predicted molar refractivity (Wildman–Crippen MR) is 67.4 cm³/mol. The second-order valence-corrected chi connectivity index (χ2v) is 5.68. The highest BCUT2D eigenvalue weighted by atomic mass is 32.2. The number of hydrogen-bond donors (Lipinski definition) is 2. The molecule has 0 aliphatic rings. The Bertz CT molecular complexity index is 547. The highest BCUT2D eigenvalue weighted by Crippen LogP contribution is 2.14. The Morgan fingerprint density at radius 1 is 1.39 bits per heavy atom. The second-order valence-electron chi connectivity index (χ2n) is 3.92. The van der Waals surface area contributed by atoms with E-state index in [4.69, 9.17) is 10.4 Å². The van der Waals surface area contributed by atoms with Gasteiger partial charge in [-0.25, -0.2) is 13.1 Å². The normalized spacial score (nSPS) is 11.2. The lowest BCUT2D eigenvalue weighted by atomic mass is 10.1. The van der Waals surface area contributed by atoms with Crippen LogP contribution in [-0.4, -0.2) is 26.7 Å². The van der Waals surface area contributed by atoms with Crippen LogP contribution in [0.1, 0.15) is 24.0 Å². The zero-order valence-electron chi connectivity index (χ0n) is 10.2. The van der Waals surface area contributed by atoms with E-state index in [0.717, 1.165) is 0 Å². The first-order valence-corrected chi connectivity index (χ1v) is 7.11. The van der Waals surface area contributed by atoms with E-state index in [-0.39, 0.29) is 11.5 Å². The Kier molecular flexibility index (Phi) is 5.28. The van der Waals surface area contributed by atoms with Crippen molar-refractivity contribution in [1.82, 2.24) is 4.72 Å². The smallest absolute Gasteiger partial charge is 0.240 e. The Labute approximate surface area is 107 Å². The van der Waals surface area contributed by atoms with Crippen molar-refractivity contribution in [2.45, 2.75) is 24.7 Å². The van der Waals surface area contributed by atoms with Gasteiger partial charge in [-0.05, 0) is 43.5 Å². The van der Waals surface area contributed by atoms with Crippen LogP contribution in [0.25, 0.3) is 0 Å². The number of aliphatic hydroxyl groups excluding tert-OH is 1. The third-order valence-electron chi connectivity index (χ3n) is 2.51. The van der Waals surface area contributed by atoms with Crippen molar-refractivity contribution in [3.8, 4) is 6.07 Å². The molecule has 0 aliphatic carbocycles. The monoisotopic (exact) mass is 268 g/mol. The summed E-state index contributed by atoms with van der Waals surface area (Å²) in [6.45, 7) is 2.04. The molecule has 0 unspecified atom stereocenters. The molecule has 0 heterocycles. The molecule has 98 valence electrons. The maximum Gasteiger partial charge on any atom is 0.240 e. The van der Waals surface area contributed by atoms with E-state index >= 15 is 0 Å². The van der Waals surface area contributed by atoms with E-state index in [2.05, 4.69) is 4.72 Å². The predicted octanol–water partition coefficient (Wildman–Crippen LogP) is 0.917. The van der Waals surface area contributed by atoms with Crippen LogP contribution in [0, 0.1) is 18.3 Å². The van der Waals surface area contributed by atoms with Crippen molar-refractivity contribution in [1.29, 1.82) is 5.26 Å². The molecule has 0 spiro atoms. The van der Waals surface area contributed by atoms with E-state index in [1.165, 1.54) is 18.2 Å². The molecule has 0 bridgehead atoms. The van der Waals surface area contributed by atoms with Crippen LogP contribution in [0.4, 0.5) is 0 Å². The maximum absolute atomic E-state index is 11.9. The minimum absolute atomic E-state index is 0.0533. The molecule has 0 fully saturated rings. The number of unbranched alkanes of at least 4 members (excludes halogenated alkanes) is 1. The Hall–Kier alpha value is -1.42. The number of nitrogens with one attached hydrogen (secondary N) is 1. The molecule has 1 aromatic carbocycles. The van der Waals surface area contributed by atoms with Gasteiger partial charge in [0.25, 0.3) is 0 Å². The number of benzene rings is 1. The lowest BCUT2D eigenvalue weighted by molar-refractivity contribution is 0.285. The molecule has 0 aliphatic heterocycles. The Balaban J connectivity index is 2.80. The van der Waals surface area contributed by atoms with Gasteiger partial charge in [-0.1, -0.05) is 0 Å². The standard InChI is InChI=1S/C12H16N2O3S/c1-10-8-12(5-4-11(10)9-13)18(16,17)14-6-2-3-7-15/h4-5,8,14-15H,2-3,6-7H2,1H3. The molecule has 0 saturated carbocycles. The van der Waals surface area contributed by atoms with Crippen molar-refractivity contribution in [2.75, 3.05) is 13.2 Å². The van der Waals surface area contributed by atoms with Crippen LogP contribution in [0.3, 0.4) is 0 Å². The first-order chi connectivity index (χ1) is 8.51. The van der Waals surface area contributed by atoms with Gasteiger partial charge < -0.3 is 5.11 Å². The molecule has 0 radical (unpaired) electrons. The summed E-state index contributed by atoms with van der Waals surface area (Å²) in [5, 5.41) is 17.4. The summed E-state index contributed by atoms with van der Waals surface area (Å²) in [7, 11) is -3.53. The second kappa shape index (κ2) is 6.50. The topological polar surface area (TPSA) is 90.2 Å². The minimum Gasteiger partial charge on any atom is -0.396 e. The summed E-state index contributed by atoms with van der Waals surface area (Å²) in [6.07, 6.45) is 1.15. The van der Waals surface area contributed by atoms with E-state index in [9.17, 15) is 8.42 Å². The molecule has 18 heavy (non-hydrogen) atoms. The average Bonchev–Trinajstić information content (AvgIpc) is 2.34. The van der Waals surface area contributed by atoms with Crippen LogP contribution < -0.4 is 4.72 Å². The molecule has 0 aromatic heterocycles. The highest BCUT2D eigenvalue weighted by molar-refractivity contribution is 7.89. The molecule has 1 aromatic rings. The van der Waals surface area contributed by atoms with E-state index < -0.39 is 10.0 Å². The van der Waals surface area contributed by atoms with E-state index in [1.807, 2.05) is 6.07 Å². The number of rotatable bonds is 6. The van der Waals surface area contributed by atoms with E-state index in [0.29, 0.717) is 30.5 Å². The fourth-order valence-electron chi connectivity index (χ4n) is 1.46. The van der Waals surface area contributed by atoms with Crippen LogP contribution >= 0.6 is 0 Å². The average molecular weight is 268 g/mol. The SMILES string of the molecule is Cc1cc(S(=O)(=O)NCCCCO)ccc1C#N. The molecule has 6 heteroatoms. The maximum atomic E-state index is 11.9. The van der Waals surface area contributed by atoms with Crippen LogP contribution in [0.15, 0.2) is 23.1 Å². The van der Waals surface area contributed by atoms with Gasteiger partial charge in [0, 0.05) is 13.2 Å². The first-order valence-electron chi connectivity index (χ1n) is 5.62.